The highest BCUT2D eigenvalue weighted by atomic mass is 16.1. The van der Waals surface area contributed by atoms with E-state index in [1.54, 1.807) is 19.1 Å². The van der Waals surface area contributed by atoms with Gasteiger partial charge in [-0.1, -0.05) is 0 Å². The van der Waals surface area contributed by atoms with Crippen LogP contribution in [0.25, 0.3) is 0 Å². The van der Waals surface area contributed by atoms with E-state index < -0.39 is 0 Å². The molecule has 84 valence electrons. The molecule has 2 rings (SSSR count). The van der Waals surface area contributed by atoms with Crippen molar-refractivity contribution in [2.45, 2.75) is 6.92 Å². The van der Waals surface area contributed by atoms with Crippen molar-refractivity contribution in [2.24, 2.45) is 0 Å². The number of nitrogens with one attached hydrogen (secondary N) is 2. The molecule has 1 amide bonds. The summed E-state index contributed by atoms with van der Waals surface area (Å²) in [6, 6.07) is 5.12. The minimum atomic E-state index is -0.284. The summed E-state index contributed by atoms with van der Waals surface area (Å²) in [4.78, 5) is 15.7. The molecule has 6 nitrogen and oxygen atoms in total. The minimum absolute atomic E-state index is 0.284. The zero-order valence-electron chi connectivity index (χ0n) is 9.06. The van der Waals surface area contributed by atoms with Crippen LogP contribution in [0.4, 0.5) is 5.82 Å². The summed E-state index contributed by atoms with van der Waals surface area (Å²) >= 11 is 0. The van der Waals surface area contributed by atoms with Gasteiger partial charge in [0.1, 0.15) is 11.9 Å². The van der Waals surface area contributed by atoms with Crippen molar-refractivity contribution in [1.29, 1.82) is 5.26 Å². The van der Waals surface area contributed by atoms with Gasteiger partial charge in [-0.05, 0) is 19.1 Å². The highest BCUT2D eigenvalue weighted by Gasteiger charge is 2.11. The number of nitrogens with zero attached hydrogens (tertiary/aromatic N) is 3. The number of hydrogen-bond acceptors (Lipinski definition) is 4. The van der Waals surface area contributed by atoms with Gasteiger partial charge >= 0.3 is 0 Å². The summed E-state index contributed by atoms with van der Waals surface area (Å²) < 4.78 is 0. The molecular weight excluding hydrogens is 218 g/mol. The van der Waals surface area contributed by atoms with Crippen LogP contribution in [0.3, 0.4) is 0 Å². The first-order valence-corrected chi connectivity index (χ1v) is 4.88. The SMILES string of the molecule is Cc1[nH]ncc1C(=O)Nc1ccc(C#N)cn1. The van der Waals surface area contributed by atoms with Gasteiger partial charge in [0.2, 0.25) is 0 Å². The summed E-state index contributed by atoms with van der Waals surface area (Å²) in [5.41, 5.74) is 1.61. The highest BCUT2D eigenvalue weighted by molar-refractivity contribution is 6.04. The van der Waals surface area contributed by atoms with E-state index in [0.717, 1.165) is 0 Å². The minimum Gasteiger partial charge on any atom is -0.306 e. The first kappa shape index (κ1) is 10.8. The van der Waals surface area contributed by atoms with Crippen LogP contribution in [-0.4, -0.2) is 21.1 Å². The van der Waals surface area contributed by atoms with Gasteiger partial charge in [-0.2, -0.15) is 10.4 Å². The molecular formula is C11H9N5O. The fraction of sp³-hybridized carbons (Fsp3) is 0.0909. The molecule has 0 saturated heterocycles. The molecule has 0 aliphatic rings. The topological polar surface area (TPSA) is 94.5 Å². The van der Waals surface area contributed by atoms with Crippen molar-refractivity contribution in [1.82, 2.24) is 15.2 Å². The lowest BCUT2D eigenvalue weighted by molar-refractivity contribution is 0.102. The van der Waals surface area contributed by atoms with Gasteiger partial charge in [0.25, 0.3) is 5.91 Å². The van der Waals surface area contributed by atoms with Gasteiger partial charge in [0, 0.05) is 11.9 Å². The standard InChI is InChI=1S/C11H9N5O/c1-7-9(6-14-16-7)11(17)15-10-3-2-8(4-12)5-13-10/h2-3,5-6H,1H3,(H,14,16)(H,13,15,17). The van der Waals surface area contributed by atoms with Crippen LogP contribution in [0.5, 0.6) is 0 Å². The Hall–Kier alpha value is -2.68. The van der Waals surface area contributed by atoms with Crippen LogP contribution in [0.1, 0.15) is 21.6 Å². The fourth-order valence-corrected chi connectivity index (χ4v) is 1.30. The Morgan fingerprint density at radius 1 is 1.47 bits per heavy atom. The van der Waals surface area contributed by atoms with E-state index >= 15 is 0 Å². The molecule has 6 heteroatoms. The molecule has 0 aliphatic carbocycles. The molecule has 2 aromatic heterocycles. The number of hydrogen-bond donors (Lipinski definition) is 2. The molecule has 0 atom stereocenters. The van der Waals surface area contributed by atoms with E-state index in [4.69, 9.17) is 5.26 Å². The van der Waals surface area contributed by atoms with E-state index in [0.29, 0.717) is 22.6 Å². The number of carbonyl (C=O) groups excluding carboxylic acids is 1. The first-order chi connectivity index (χ1) is 8.20. The number of H-pyrrole nitrogens is 1. The van der Waals surface area contributed by atoms with Crippen LogP contribution in [-0.2, 0) is 0 Å². The third-order valence-electron chi connectivity index (χ3n) is 2.21. The zero-order chi connectivity index (χ0) is 12.3. The monoisotopic (exact) mass is 227 g/mol. The quantitative estimate of drug-likeness (QED) is 0.806. The Bertz CT molecular complexity index is 579. The van der Waals surface area contributed by atoms with Crippen molar-refractivity contribution in [3.8, 4) is 6.07 Å². The third kappa shape index (κ3) is 2.29. The van der Waals surface area contributed by atoms with Crippen LogP contribution in [0.15, 0.2) is 24.5 Å². The molecule has 0 radical (unpaired) electrons. The third-order valence-corrected chi connectivity index (χ3v) is 2.21. The van der Waals surface area contributed by atoms with Crippen molar-refractivity contribution >= 4 is 11.7 Å². The number of pyridine rings is 1. The maximum atomic E-state index is 11.8. The molecule has 17 heavy (non-hydrogen) atoms. The van der Waals surface area contributed by atoms with Gasteiger partial charge in [0.05, 0.1) is 17.3 Å². The molecule has 0 aliphatic heterocycles. The van der Waals surface area contributed by atoms with Gasteiger partial charge in [-0.25, -0.2) is 4.98 Å². The molecule has 0 bridgehead atoms. The van der Waals surface area contributed by atoms with E-state index in [2.05, 4.69) is 20.5 Å². The average molecular weight is 227 g/mol. The molecule has 0 unspecified atom stereocenters. The highest BCUT2D eigenvalue weighted by Crippen LogP contribution is 2.08. The van der Waals surface area contributed by atoms with E-state index in [1.807, 2.05) is 6.07 Å². The largest absolute Gasteiger partial charge is 0.306 e. The fourth-order valence-electron chi connectivity index (χ4n) is 1.30. The Morgan fingerprint density at radius 3 is 2.82 bits per heavy atom. The van der Waals surface area contributed by atoms with Crippen LogP contribution in [0, 0.1) is 18.3 Å². The molecule has 0 spiro atoms. The maximum absolute atomic E-state index is 11.8. The maximum Gasteiger partial charge on any atom is 0.260 e. The van der Waals surface area contributed by atoms with Crippen LogP contribution in [0.2, 0.25) is 0 Å². The van der Waals surface area contributed by atoms with Gasteiger partial charge in [0.15, 0.2) is 0 Å². The normalized spacial score (nSPS) is 9.65. The number of rotatable bonds is 2. The predicted octanol–water partition coefficient (Wildman–Crippen LogP) is 1.24. The Balaban J connectivity index is 2.14. The van der Waals surface area contributed by atoms with E-state index in [9.17, 15) is 4.79 Å². The number of anilines is 1. The second-order valence-corrected chi connectivity index (χ2v) is 3.41. The first-order valence-electron chi connectivity index (χ1n) is 4.88. The number of aromatic amines is 1. The number of aromatic nitrogens is 3. The Kier molecular flexibility index (Phi) is 2.83. The summed E-state index contributed by atoms with van der Waals surface area (Å²) in [6.45, 7) is 1.76. The smallest absolute Gasteiger partial charge is 0.260 e. The van der Waals surface area contributed by atoms with Crippen molar-refractivity contribution in [3.05, 3.63) is 41.3 Å². The van der Waals surface area contributed by atoms with E-state index in [-0.39, 0.29) is 5.91 Å². The second kappa shape index (κ2) is 4.45. The molecule has 0 saturated carbocycles. The van der Waals surface area contributed by atoms with Crippen LogP contribution < -0.4 is 5.32 Å². The zero-order valence-corrected chi connectivity index (χ0v) is 9.06. The van der Waals surface area contributed by atoms with Crippen molar-refractivity contribution in [2.75, 3.05) is 5.32 Å². The molecule has 2 N–H and O–H groups in total. The van der Waals surface area contributed by atoms with Crippen LogP contribution >= 0.6 is 0 Å². The second-order valence-electron chi connectivity index (χ2n) is 3.41. The van der Waals surface area contributed by atoms with E-state index in [1.165, 1.54) is 12.4 Å². The van der Waals surface area contributed by atoms with Crippen molar-refractivity contribution < 1.29 is 4.79 Å². The Labute approximate surface area is 97.3 Å². The average Bonchev–Trinajstić information content (AvgIpc) is 2.76. The van der Waals surface area contributed by atoms with Gasteiger partial charge in [-0.3, -0.25) is 9.89 Å². The summed E-state index contributed by atoms with van der Waals surface area (Å²) in [5, 5.41) is 17.7. The van der Waals surface area contributed by atoms with Gasteiger partial charge in [-0.15, -0.1) is 0 Å². The summed E-state index contributed by atoms with van der Waals surface area (Å²) in [5.74, 6) is 0.114. The number of amides is 1. The number of carbonyl (C=O) groups is 1. The molecule has 0 fully saturated rings. The molecule has 2 heterocycles. The van der Waals surface area contributed by atoms with Gasteiger partial charge < -0.3 is 5.32 Å². The lowest BCUT2D eigenvalue weighted by Gasteiger charge is -2.02. The number of aryl methyl sites for hydroxylation is 1. The molecule has 2 aromatic rings. The number of nitriles is 1. The lowest BCUT2D eigenvalue weighted by Crippen LogP contribution is -2.13. The molecule has 0 aromatic carbocycles. The Morgan fingerprint density at radius 2 is 2.29 bits per heavy atom. The lowest BCUT2D eigenvalue weighted by atomic mass is 10.2. The van der Waals surface area contributed by atoms with Crippen molar-refractivity contribution in [3.63, 3.8) is 0 Å². The summed E-state index contributed by atoms with van der Waals surface area (Å²) in [7, 11) is 0. The predicted molar refractivity (Wildman–Crippen MR) is 60.2 cm³/mol. The summed E-state index contributed by atoms with van der Waals surface area (Å²) in [6.07, 6.45) is 2.85.